The summed E-state index contributed by atoms with van der Waals surface area (Å²) in [4.78, 5) is 4.64. The lowest BCUT2D eigenvalue weighted by atomic mass is 9.77. The molecule has 1 N–H and O–H groups in total. The van der Waals surface area contributed by atoms with Gasteiger partial charge in [-0.25, -0.2) is 0 Å². The number of halogens is 3. The fourth-order valence-electron chi connectivity index (χ4n) is 4.50. The minimum atomic E-state index is -4.72. The van der Waals surface area contributed by atoms with Crippen molar-refractivity contribution in [1.82, 2.24) is 9.80 Å². The van der Waals surface area contributed by atoms with E-state index in [1.807, 2.05) is 0 Å². The van der Waals surface area contributed by atoms with Crippen molar-refractivity contribution in [3.63, 3.8) is 0 Å². The van der Waals surface area contributed by atoms with Crippen molar-refractivity contribution in [2.45, 2.75) is 64.8 Å². The molecule has 1 heterocycles. The van der Waals surface area contributed by atoms with Crippen LogP contribution >= 0.6 is 0 Å². The molecule has 0 amide bonds. The van der Waals surface area contributed by atoms with Crippen LogP contribution in [0.1, 0.15) is 69.8 Å². The van der Waals surface area contributed by atoms with Gasteiger partial charge in [-0.3, -0.25) is 4.90 Å². The Balaban J connectivity index is 2.15. The van der Waals surface area contributed by atoms with Crippen LogP contribution in [0.3, 0.4) is 0 Å². The molecule has 188 valence electrons. The van der Waals surface area contributed by atoms with Gasteiger partial charge in [0.1, 0.15) is 11.5 Å². The molecule has 0 bridgehead atoms. The first-order valence-corrected chi connectivity index (χ1v) is 11.7. The number of rotatable bonds is 4. The number of hydrogen-bond donors (Lipinski definition) is 1. The maximum absolute atomic E-state index is 12.7. The van der Waals surface area contributed by atoms with Gasteiger partial charge in [0.25, 0.3) is 0 Å². The zero-order chi connectivity index (χ0) is 25.5. The first-order valence-electron chi connectivity index (χ1n) is 11.7. The summed E-state index contributed by atoms with van der Waals surface area (Å²) in [5.41, 5.74) is 3.09. The third kappa shape index (κ3) is 6.25. The van der Waals surface area contributed by atoms with Crippen molar-refractivity contribution in [2.75, 3.05) is 33.2 Å². The van der Waals surface area contributed by atoms with Crippen molar-refractivity contribution in [3.05, 3.63) is 58.7 Å². The lowest BCUT2D eigenvalue weighted by Gasteiger charge is -2.39. The third-order valence-electron chi connectivity index (χ3n) is 6.40. The highest BCUT2D eigenvalue weighted by atomic mass is 19.4. The summed E-state index contributed by atoms with van der Waals surface area (Å²) in [7, 11) is 2.09. The quantitative estimate of drug-likeness (QED) is 0.566. The van der Waals surface area contributed by atoms with Crippen LogP contribution < -0.4 is 4.74 Å². The van der Waals surface area contributed by atoms with E-state index in [-0.39, 0.29) is 22.6 Å². The van der Waals surface area contributed by atoms with Crippen molar-refractivity contribution >= 4 is 0 Å². The summed E-state index contributed by atoms with van der Waals surface area (Å²) in [5.74, 6) is 0.0830. The Hall–Kier alpha value is -2.25. The van der Waals surface area contributed by atoms with Crippen LogP contribution in [-0.2, 0) is 10.8 Å². The lowest BCUT2D eigenvalue weighted by molar-refractivity contribution is -0.274. The van der Waals surface area contributed by atoms with Crippen LogP contribution in [0.2, 0.25) is 0 Å². The molecule has 1 atom stereocenters. The number of benzene rings is 2. The monoisotopic (exact) mass is 478 g/mol. The number of ether oxygens (including phenoxy) is 1. The van der Waals surface area contributed by atoms with Gasteiger partial charge in [-0.1, -0.05) is 53.7 Å². The average molecular weight is 479 g/mol. The van der Waals surface area contributed by atoms with E-state index in [1.165, 1.54) is 12.1 Å². The largest absolute Gasteiger partial charge is 0.573 e. The smallest absolute Gasteiger partial charge is 0.507 e. The van der Waals surface area contributed by atoms with Gasteiger partial charge in [-0.15, -0.1) is 13.2 Å². The van der Waals surface area contributed by atoms with E-state index < -0.39 is 6.36 Å². The predicted molar refractivity (Wildman–Crippen MR) is 130 cm³/mol. The Labute approximate surface area is 201 Å². The highest BCUT2D eigenvalue weighted by Crippen LogP contribution is 2.43. The lowest BCUT2D eigenvalue weighted by Crippen LogP contribution is -2.46. The Morgan fingerprint density at radius 2 is 1.26 bits per heavy atom. The number of nitrogens with zero attached hydrogens (tertiary/aromatic N) is 2. The Kier molecular flexibility index (Phi) is 7.30. The number of likely N-dealkylation sites (N-methyl/N-ethyl adjacent to an activating group) is 1. The van der Waals surface area contributed by atoms with E-state index in [0.717, 1.165) is 48.4 Å². The van der Waals surface area contributed by atoms with Crippen LogP contribution in [0, 0.1) is 0 Å². The molecular formula is C27H37F3N2O2. The van der Waals surface area contributed by atoms with Gasteiger partial charge in [-0.05, 0) is 64.4 Å². The molecule has 4 nitrogen and oxygen atoms in total. The van der Waals surface area contributed by atoms with E-state index in [1.54, 1.807) is 12.1 Å². The van der Waals surface area contributed by atoms with E-state index in [9.17, 15) is 18.3 Å². The molecule has 0 saturated carbocycles. The Morgan fingerprint density at radius 3 is 1.68 bits per heavy atom. The number of piperazine rings is 1. The van der Waals surface area contributed by atoms with Crippen LogP contribution in [-0.4, -0.2) is 54.5 Å². The fraction of sp³-hybridized carbons (Fsp3) is 0.556. The Bertz CT molecular complexity index is 946. The molecule has 7 heteroatoms. The fourth-order valence-corrected chi connectivity index (χ4v) is 4.50. The van der Waals surface area contributed by atoms with Crippen molar-refractivity contribution < 1.29 is 23.0 Å². The summed E-state index contributed by atoms with van der Waals surface area (Å²) in [6.45, 7) is 15.9. The highest BCUT2D eigenvalue weighted by Gasteiger charge is 2.33. The van der Waals surface area contributed by atoms with Gasteiger partial charge < -0.3 is 14.7 Å². The molecule has 3 rings (SSSR count). The second-order valence-corrected chi connectivity index (χ2v) is 11.3. The SMILES string of the molecule is CN1CCN(C(c2ccc(OC(F)(F)F)cc2)c2cc(C(C)(C)C)c(O)c(C(C)(C)C)c2)CC1. The molecule has 0 aromatic heterocycles. The second kappa shape index (κ2) is 9.42. The zero-order valence-corrected chi connectivity index (χ0v) is 21.3. The molecule has 2 aromatic rings. The van der Waals surface area contributed by atoms with Gasteiger partial charge in [0, 0.05) is 26.2 Å². The van der Waals surface area contributed by atoms with Crippen molar-refractivity contribution in [1.29, 1.82) is 0 Å². The molecule has 1 fully saturated rings. The first kappa shape index (κ1) is 26.4. The van der Waals surface area contributed by atoms with Crippen LogP contribution in [0.5, 0.6) is 11.5 Å². The number of alkyl halides is 3. The van der Waals surface area contributed by atoms with E-state index >= 15 is 0 Å². The molecule has 0 aliphatic carbocycles. The molecule has 1 saturated heterocycles. The molecule has 2 aromatic carbocycles. The molecule has 1 aliphatic heterocycles. The predicted octanol–water partition coefficient (Wildman–Crippen LogP) is 6.22. The summed E-state index contributed by atoms with van der Waals surface area (Å²) in [6, 6.07) is 10.1. The summed E-state index contributed by atoms with van der Waals surface area (Å²) in [5, 5.41) is 11.2. The maximum Gasteiger partial charge on any atom is 0.573 e. The first-order chi connectivity index (χ1) is 15.6. The maximum atomic E-state index is 12.7. The molecule has 1 unspecified atom stereocenters. The highest BCUT2D eigenvalue weighted by molar-refractivity contribution is 5.52. The van der Waals surface area contributed by atoms with Crippen molar-refractivity contribution in [3.8, 4) is 11.5 Å². The van der Waals surface area contributed by atoms with Gasteiger partial charge in [0.05, 0.1) is 6.04 Å². The molecule has 1 aliphatic rings. The van der Waals surface area contributed by atoms with Crippen LogP contribution in [0.15, 0.2) is 36.4 Å². The second-order valence-electron chi connectivity index (χ2n) is 11.3. The van der Waals surface area contributed by atoms with Crippen LogP contribution in [0.4, 0.5) is 13.2 Å². The van der Waals surface area contributed by atoms with Crippen molar-refractivity contribution in [2.24, 2.45) is 0 Å². The number of hydrogen-bond acceptors (Lipinski definition) is 4. The summed E-state index contributed by atoms with van der Waals surface area (Å²) >= 11 is 0. The standard InChI is InChI=1S/C27H37F3N2O2/c1-25(2,3)21-16-19(17-22(24(21)33)26(4,5)6)23(32-14-12-31(7)13-15-32)18-8-10-20(11-9-18)34-27(28,29)30/h8-11,16-17,23,33H,12-15H2,1-7H3. The summed E-state index contributed by atoms with van der Waals surface area (Å²) < 4.78 is 42.1. The number of aromatic hydroxyl groups is 1. The van der Waals surface area contributed by atoms with E-state index in [2.05, 4.69) is 75.3 Å². The summed E-state index contributed by atoms with van der Waals surface area (Å²) in [6.07, 6.45) is -4.72. The molecular weight excluding hydrogens is 441 g/mol. The average Bonchev–Trinajstić information content (AvgIpc) is 2.69. The van der Waals surface area contributed by atoms with E-state index in [4.69, 9.17) is 0 Å². The van der Waals surface area contributed by atoms with Gasteiger partial charge in [0.15, 0.2) is 0 Å². The van der Waals surface area contributed by atoms with Gasteiger partial charge >= 0.3 is 6.36 Å². The third-order valence-corrected chi connectivity index (χ3v) is 6.40. The Morgan fingerprint density at radius 1 is 0.794 bits per heavy atom. The number of phenols is 1. The van der Waals surface area contributed by atoms with E-state index in [0.29, 0.717) is 5.75 Å². The molecule has 0 radical (unpaired) electrons. The van der Waals surface area contributed by atoms with Gasteiger partial charge in [-0.2, -0.15) is 0 Å². The van der Waals surface area contributed by atoms with Crippen LogP contribution in [0.25, 0.3) is 0 Å². The minimum Gasteiger partial charge on any atom is -0.507 e. The zero-order valence-electron chi connectivity index (χ0n) is 21.3. The number of phenolic OH excluding ortho intramolecular Hbond substituents is 1. The normalized spacial score (nSPS) is 17.6. The topological polar surface area (TPSA) is 35.9 Å². The molecule has 0 spiro atoms. The molecule has 34 heavy (non-hydrogen) atoms. The minimum absolute atomic E-state index is 0.156. The van der Waals surface area contributed by atoms with Gasteiger partial charge in [0.2, 0.25) is 0 Å².